The molecule has 2 aromatic heterocycles. The van der Waals surface area contributed by atoms with Crippen molar-refractivity contribution in [3.8, 4) is 0 Å². The Bertz CT molecular complexity index is 490. The van der Waals surface area contributed by atoms with Crippen LogP contribution in [0.25, 0.3) is 0 Å². The minimum Gasteiger partial charge on any atom is -0.397 e. The monoisotopic (exact) mass is 237 g/mol. The zero-order chi connectivity index (χ0) is 11.5. The Morgan fingerprint density at radius 3 is 3.12 bits per heavy atom. The van der Waals surface area contributed by atoms with Gasteiger partial charge in [0.2, 0.25) is 0 Å². The number of amides is 1. The minimum atomic E-state index is -0.204. The molecule has 16 heavy (non-hydrogen) atoms. The van der Waals surface area contributed by atoms with Crippen LogP contribution in [0, 0.1) is 0 Å². The SMILES string of the molecule is CCn1cc(N)cc1C(=O)Nc1cnns1. The number of rotatable bonds is 3. The number of carbonyl (C=O) groups is 1. The predicted octanol–water partition coefficient (Wildman–Crippen LogP) is 1.19. The van der Waals surface area contributed by atoms with Crippen LogP contribution < -0.4 is 11.1 Å². The molecule has 3 N–H and O–H groups in total. The zero-order valence-corrected chi connectivity index (χ0v) is 9.49. The maximum atomic E-state index is 11.9. The highest BCUT2D eigenvalue weighted by Crippen LogP contribution is 2.15. The Hall–Kier alpha value is -1.89. The summed E-state index contributed by atoms with van der Waals surface area (Å²) in [6.07, 6.45) is 3.24. The van der Waals surface area contributed by atoms with E-state index in [9.17, 15) is 4.79 Å². The van der Waals surface area contributed by atoms with Gasteiger partial charge in [-0.3, -0.25) is 4.79 Å². The van der Waals surface area contributed by atoms with Gasteiger partial charge in [-0.25, -0.2) is 0 Å². The molecule has 0 bridgehead atoms. The van der Waals surface area contributed by atoms with Crippen LogP contribution in [0.4, 0.5) is 10.7 Å². The molecule has 0 spiro atoms. The van der Waals surface area contributed by atoms with Crippen molar-refractivity contribution in [2.24, 2.45) is 0 Å². The number of aryl methyl sites for hydroxylation is 1. The average molecular weight is 237 g/mol. The molecular formula is C9H11N5OS. The Morgan fingerprint density at radius 1 is 1.69 bits per heavy atom. The van der Waals surface area contributed by atoms with Gasteiger partial charge < -0.3 is 15.6 Å². The third-order valence-electron chi connectivity index (χ3n) is 2.09. The molecule has 0 radical (unpaired) electrons. The summed E-state index contributed by atoms with van der Waals surface area (Å²) < 4.78 is 5.45. The predicted molar refractivity (Wildman–Crippen MR) is 62.4 cm³/mol. The van der Waals surface area contributed by atoms with Gasteiger partial charge in [-0.15, -0.1) is 5.10 Å². The lowest BCUT2D eigenvalue weighted by Gasteiger charge is -2.04. The van der Waals surface area contributed by atoms with E-state index < -0.39 is 0 Å². The van der Waals surface area contributed by atoms with Crippen molar-refractivity contribution in [3.05, 3.63) is 24.2 Å². The molecule has 84 valence electrons. The highest BCUT2D eigenvalue weighted by atomic mass is 32.1. The summed E-state index contributed by atoms with van der Waals surface area (Å²) in [5, 5.41) is 6.96. The second-order valence-corrected chi connectivity index (χ2v) is 3.97. The molecule has 1 amide bonds. The average Bonchev–Trinajstić information content (AvgIpc) is 2.86. The maximum Gasteiger partial charge on any atom is 0.273 e. The number of nitrogen functional groups attached to an aromatic ring is 1. The molecule has 0 saturated carbocycles. The molecule has 0 aliphatic carbocycles. The fourth-order valence-corrected chi connectivity index (χ4v) is 1.80. The maximum absolute atomic E-state index is 11.9. The number of nitrogens with two attached hydrogens (primary N) is 1. The molecule has 0 saturated heterocycles. The summed E-state index contributed by atoms with van der Waals surface area (Å²) in [4.78, 5) is 11.9. The van der Waals surface area contributed by atoms with Crippen LogP contribution in [0.2, 0.25) is 0 Å². The van der Waals surface area contributed by atoms with Gasteiger partial charge in [-0.1, -0.05) is 4.49 Å². The van der Waals surface area contributed by atoms with Crippen molar-refractivity contribution >= 4 is 28.1 Å². The summed E-state index contributed by atoms with van der Waals surface area (Å²) in [7, 11) is 0. The van der Waals surface area contributed by atoms with Crippen molar-refractivity contribution < 1.29 is 4.79 Å². The molecule has 7 heteroatoms. The molecule has 2 rings (SSSR count). The van der Waals surface area contributed by atoms with Gasteiger partial charge in [-0.2, -0.15) is 0 Å². The molecule has 2 heterocycles. The van der Waals surface area contributed by atoms with Crippen LogP contribution in [0.15, 0.2) is 18.5 Å². The smallest absolute Gasteiger partial charge is 0.273 e. The quantitative estimate of drug-likeness (QED) is 0.839. The Balaban J connectivity index is 2.20. The first kappa shape index (κ1) is 10.6. The number of aromatic nitrogens is 3. The fourth-order valence-electron chi connectivity index (χ4n) is 1.38. The lowest BCUT2D eigenvalue weighted by molar-refractivity contribution is 0.101. The number of nitrogens with one attached hydrogen (secondary N) is 1. The second kappa shape index (κ2) is 4.31. The lowest BCUT2D eigenvalue weighted by Crippen LogP contribution is -2.15. The Labute approximate surface area is 96.2 Å². The molecule has 0 aromatic carbocycles. The van der Waals surface area contributed by atoms with Crippen molar-refractivity contribution in [2.75, 3.05) is 11.1 Å². The Morgan fingerprint density at radius 2 is 2.50 bits per heavy atom. The van der Waals surface area contributed by atoms with E-state index in [-0.39, 0.29) is 5.91 Å². The molecule has 0 unspecified atom stereocenters. The van der Waals surface area contributed by atoms with Gasteiger partial charge in [-0.05, 0) is 13.0 Å². The molecule has 0 atom stereocenters. The first-order chi connectivity index (χ1) is 7.70. The zero-order valence-electron chi connectivity index (χ0n) is 8.67. The van der Waals surface area contributed by atoms with Crippen LogP contribution in [0.1, 0.15) is 17.4 Å². The lowest BCUT2D eigenvalue weighted by atomic mass is 10.4. The van der Waals surface area contributed by atoms with E-state index in [4.69, 9.17) is 5.73 Å². The number of carbonyl (C=O) groups excluding carboxylic acids is 1. The first-order valence-electron chi connectivity index (χ1n) is 4.75. The molecule has 0 aliphatic rings. The summed E-state index contributed by atoms with van der Waals surface area (Å²) in [6, 6.07) is 1.65. The third kappa shape index (κ3) is 2.03. The van der Waals surface area contributed by atoms with Crippen molar-refractivity contribution in [1.82, 2.24) is 14.2 Å². The van der Waals surface area contributed by atoms with E-state index in [0.717, 1.165) is 11.5 Å². The standard InChI is InChI=1S/C9H11N5OS/c1-2-14-5-6(10)3-7(14)9(15)12-8-4-11-13-16-8/h3-5H,2,10H2,1H3,(H,12,15). The number of anilines is 2. The van der Waals surface area contributed by atoms with E-state index in [2.05, 4.69) is 14.9 Å². The van der Waals surface area contributed by atoms with E-state index in [1.54, 1.807) is 16.8 Å². The van der Waals surface area contributed by atoms with E-state index in [0.29, 0.717) is 22.9 Å². The molecular weight excluding hydrogens is 226 g/mol. The van der Waals surface area contributed by atoms with Gasteiger partial charge >= 0.3 is 0 Å². The summed E-state index contributed by atoms with van der Waals surface area (Å²) in [6.45, 7) is 2.64. The number of hydrogen-bond donors (Lipinski definition) is 2. The van der Waals surface area contributed by atoms with Crippen LogP contribution >= 0.6 is 11.5 Å². The first-order valence-corrected chi connectivity index (χ1v) is 5.52. The minimum absolute atomic E-state index is 0.204. The molecule has 0 fully saturated rings. The highest BCUT2D eigenvalue weighted by Gasteiger charge is 2.12. The summed E-state index contributed by atoms with van der Waals surface area (Å²) in [5.74, 6) is -0.204. The highest BCUT2D eigenvalue weighted by molar-refractivity contribution is 7.10. The van der Waals surface area contributed by atoms with Gasteiger partial charge in [0, 0.05) is 24.3 Å². The Kier molecular flexibility index (Phi) is 2.86. The van der Waals surface area contributed by atoms with Crippen molar-refractivity contribution in [3.63, 3.8) is 0 Å². The normalized spacial score (nSPS) is 10.3. The molecule has 2 aromatic rings. The molecule has 0 aliphatic heterocycles. The van der Waals surface area contributed by atoms with Crippen LogP contribution in [-0.2, 0) is 6.54 Å². The van der Waals surface area contributed by atoms with Crippen molar-refractivity contribution in [1.29, 1.82) is 0 Å². The van der Waals surface area contributed by atoms with Gasteiger partial charge in [0.05, 0.1) is 11.9 Å². The fraction of sp³-hybridized carbons (Fsp3) is 0.222. The second-order valence-electron chi connectivity index (χ2n) is 3.18. The van der Waals surface area contributed by atoms with Crippen LogP contribution in [-0.4, -0.2) is 20.1 Å². The van der Waals surface area contributed by atoms with Crippen molar-refractivity contribution in [2.45, 2.75) is 13.5 Å². The molecule has 6 nitrogen and oxygen atoms in total. The number of hydrogen-bond acceptors (Lipinski definition) is 5. The third-order valence-corrected chi connectivity index (χ3v) is 2.67. The topological polar surface area (TPSA) is 85.8 Å². The van der Waals surface area contributed by atoms with E-state index in [1.165, 1.54) is 6.20 Å². The number of nitrogens with zero attached hydrogens (tertiary/aromatic N) is 3. The van der Waals surface area contributed by atoms with E-state index in [1.807, 2.05) is 6.92 Å². The van der Waals surface area contributed by atoms with E-state index >= 15 is 0 Å². The summed E-state index contributed by atoms with van der Waals surface area (Å²) in [5.41, 5.74) is 6.76. The van der Waals surface area contributed by atoms with Crippen LogP contribution in [0.3, 0.4) is 0 Å². The van der Waals surface area contributed by atoms with Crippen LogP contribution in [0.5, 0.6) is 0 Å². The van der Waals surface area contributed by atoms with Gasteiger partial charge in [0.1, 0.15) is 10.7 Å². The van der Waals surface area contributed by atoms with Gasteiger partial charge in [0.25, 0.3) is 5.91 Å². The summed E-state index contributed by atoms with van der Waals surface area (Å²) >= 11 is 1.13. The van der Waals surface area contributed by atoms with Gasteiger partial charge in [0.15, 0.2) is 0 Å². The largest absolute Gasteiger partial charge is 0.397 e.